The van der Waals surface area contributed by atoms with E-state index in [1.54, 1.807) is 7.11 Å². The number of hydrogen-bond donors (Lipinski definition) is 1. The molecule has 0 fully saturated rings. The molecule has 7 heteroatoms. The molecule has 0 aliphatic heterocycles. The van der Waals surface area contributed by atoms with Crippen LogP contribution in [0.25, 0.3) is 0 Å². The average Bonchev–Trinajstić information content (AvgIpc) is 2.56. The first-order valence-corrected chi connectivity index (χ1v) is 8.24. The lowest BCUT2D eigenvalue weighted by molar-refractivity contribution is 0.114. The van der Waals surface area contributed by atoms with Crippen molar-refractivity contribution in [2.45, 2.75) is 25.9 Å². The first-order valence-electron chi connectivity index (χ1n) is 7.86. The fraction of sp³-hybridized carbons (Fsp3) is 0.471. The second-order valence-corrected chi connectivity index (χ2v) is 6.40. The Kier molecular flexibility index (Phi) is 6.34. The van der Waals surface area contributed by atoms with Crippen LogP contribution in [0.3, 0.4) is 0 Å². The molecule has 1 aromatic carbocycles. The molecule has 1 unspecified atom stereocenters. The zero-order valence-electron chi connectivity index (χ0n) is 14.7. The summed E-state index contributed by atoms with van der Waals surface area (Å²) in [7, 11) is 5.48. The van der Waals surface area contributed by atoms with Crippen LogP contribution in [0.15, 0.2) is 24.3 Å². The lowest BCUT2D eigenvalue weighted by Gasteiger charge is -2.19. The Labute approximate surface area is 148 Å². The minimum atomic E-state index is -0.194. The van der Waals surface area contributed by atoms with E-state index in [0.29, 0.717) is 23.5 Å². The maximum atomic E-state index is 6.26. The summed E-state index contributed by atoms with van der Waals surface area (Å²) in [5.41, 5.74) is 0.931. The van der Waals surface area contributed by atoms with Crippen molar-refractivity contribution in [3.8, 4) is 0 Å². The van der Waals surface area contributed by atoms with Gasteiger partial charge in [-0.3, -0.25) is 0 Å². The summed E-state index contributed by atoms with van der Waals surface area (Å²) in [5.74, 6) is 2.13. The molecular formula is C17H24ClN5O. The van der Waals surface area contributed by atoms with Crippen LogP contribution in [-0.4, -0.2) is 42.7 Å². The van der Waals surface area contributed by atoms with Crippen LogP contribution >= 0.6 is 11.6 Å². The highest BCUT2D eigenvalue weighted by molar-refractivity contribution is 6.31. The number of benzene rings is 1. The van der Waals surface area contributed by atoms with E-state index >= 15 is 0 Å². The predicted octanol–water partition coefficient (Wildman–Crippen LogP) is 3.51. The molecule has 0 spiro atoms. The molecule has 1 atom stereocenters. The fourth-order valence-electron chi connectivity index (χ4n) is 2.16. The Morgan fingerprint density at radius 1 is 1.17 bits per heavy atom. The maximum absolute atomic E-state index is 6.26. The quantitative estimate of drug-likeness (QED) is 0.825. The molecule has 1 heterocycles. The standard InChI is InChI=1S/C17H24ClN5O/c1-11(2)15-20-16(22-17(21-15)23(3)4)19-10-14(24-5)12-8-6-7-9-13(12)18/h6-9,11,14H,10H2,1-5H3,(H,19,20,21,22). The van der Waals surface area contributed by atoms with Crippen molar-refractivity contribution >= 4 is 23.5 Å². The molecule has 1 aromatic heterocycles. The van der Waals surface area contributed by atoms with Gasteiger partial charge in [-0.25, -0.2) is 0 Å². The van der Waals surface area contributed by atoms with E-state index in [9.17, 15) is 0 Å². The van der Waals surface area contributed by atoms with Crippen molar-refractivity contribution in [2.75, 3.05) is 38.0 Å². The van der Waals surface area contributed by atoms with Gasteiger partial charge >= 0.3 is 0 Å². The largest absolute Gasteiger partial charge is 0.375 e. The van der Waals surface area contributed by atoms with Crippen molar-refractivity contribution in [1.29, 1.82) is 0 Å². The van der Waals surface area contributed by atoms with Gasteiger partial charge in [0.2, 0.25) is 11.9 Å². The summed E-state index contributed by atoms with van der Waals surface area (Å²) in [6, 6.07) is 7.65. The molecule has 24 heavy (non-hydrogen) atoms. The normalized spacial score (nSPS) is 12.3. The molecule has 1 N–H and O–H groups in total. The third kappa shape index (κ3) is 4.55. The van der Waals surface area contributed by atoms with Crippen molar-refractivity contribution in [3.63, 3.8) is 0 Å². The summed E-state index contributed by atoms with van der Waals surface area (Å²) < 4.78 is 5.57. The Bertz CT molecular complexity index is 652. The molecule has 0 saturated heterocycles. The number of nitrogens with one attached hydrogen (secondary N) is 1. The van der Waals surface area contributed by atoms with Gasteiger partial charge in [0.15, 0.2) is 0 Å². The second kappa shape index (κ2) is 8.26. The lowest BCUT2D eigenvalue weighted by Crippen LogP contribution is -2.20. The highest BCUT2D eigenvalue weighted by Crippen LogP contribution is 2.25. The number of nitrogens with zero attached hydrogens (tertiary/aromatic N) is 4. The summed E-state index contributed by atoms with van der Waals surface area (Å²) in [5, 5.41) is 3.92. The first-order chi connectivity index (χ1) is 11.4. The number of methoxy groups -OCH3 is 1. The topological polar surface area (TPSA) is 63.2 Å². The third-order valence-electron chi connectivity index (χ3n) is 3.54. The zero-order chi connectivity index (χ0) is 17.7. The molecule has 0 aliphatic rings. The molecule has 0 amide bonds. The summed E-state index contributed by atoms with van der Waals surface area (Å²) in [6.45, 7) is 4.62. The maximum Gasteiger partial charge on any atom is 0.229 e. The average molecular weight is 350 g/mol. The molecule has 0 saturated carbocycles. The van der Waals surface area contributed by atoms with Crippen molar-refractivity contribution < 1.29 is 4.74 Å². The van der Waals surface area contributed by atoms with Gasteiger partial charge in [0.05, 0.1) is 0 Å². The number of rotatable bonds is 7. The highest BCUT2D eigenvalue weighted by atomic mass is 35.5. The number of ether oxygens (including phenoxy) is 1. The first kappa shape index (κ1) is 18.4. The number of aromatic nitrogens is 3. The van der Waals surface area contributed by atoms with Gasteiger partial charge in [-0.05, 0) is 6.07 Å². The van der Waals surface area contributed by atoms with E-state index in [1.165, 1.54) is 0 Å². The van der Waals surface area contributed by atoms with Gasteiger partial charge in [0, 0.05) is 44.3 Å². The molecule has 6 nitrogen and oxygen atoms in total. The van der Waals surface area contributed by atoms with E-state index in [2.05, 4.69) is 34.1 Å². The fourth-order valence-corrected chi connectivity index (χ4v) is 2.42. The van der Waals surface area contributed by atoms with Gasteiger partial charge in [0.1, 0.15) is 11.9 Å². The Morgan fingerprint density at radius 2 is 1.88 bits per heavy atom. The second-order valence-electron chi connectivity index (χ2n) is 5.99. The van der Waals surface area contributed by atoms with Crippen molar-refractivity contribution in [1.82, 2.24) is 15.0 Å². The van der Waals surface area contributed by atoms with Crippen LogP contribution in [-0.2, 0) is 4.74 Å². The highest BCUT2D eigenvalue weighted by Gasteiger charge is 2.16. The van der Waals surface area contributed by atoms with E-state index in [4.69, 9.17) is 16.3 Å². The minimum Gasteiger partial charge on any atom is -0.375 e. The zero-order valence-corrected chi connectivity index (χ0v) is 15.5. The van der Waals surface area contributed by atoms with Crippen LogP contribution in [0.5, 0.6) is 0 Å². The van der Waals surface area contributed by atoms with Crippen LogP contribution in [0.2, 0.25) is 5.02 Å². The van der Waals surface area contributed by atoms with Gasteiger partial charge in [-0.2, -0.15) is 15.0 Å². The van der Waals surface area contributed by atoms with E-state index in [-0.39, 0.29) is 12.0 Å². The van der Waals surface area contributed by atoms with Gasteiger partial charge in [-0.1, -0.05) is 43.6 Å². The predicted molar refractivity (Wildman–Crippen MR) is 97.9 cm³/mol. The lowest BCUT2D eigenvalue weighted by atomic mass is 10.1. The van der Waals surface area contributed by atoms with Gasteiger partial charge < -0.3 is 15.0 Å². The third-order valence-corrected chi connectivity index (χ3v) is 3.88. The molecular weight excluding hydrogens is 326 g/mol. The summed E-state index contributed by atoms with van der Waals surface area (Å²) in [6.07, 6.45) is -0.194. The Morgan fingerprint density at radius 3 is 2.46 bits per heavy atom. The minimum absolute atomic E-state index is 0.194. The van der Waals surface area contributed by atoms with Crippen LogP contribution in [0.4, 0.5) is 11.9 Å². The Hall–Kier alpha value is -1.92. The molecule has 130 valence electrons. The molecule has 2 aromatic rings. The molecule has 0 aliphatic carbocycles. The number of hydrogen-bond acceptors (Lipinski definition) is 6. The van der Waals surface area contributed by atoms with Crippen molar-refractivity contribution in [3.05, 3.63) is 40.7 Å². The van der Waals surface area contributed by atoms with Crippen LogP contribution < -0.4 is 10.2 Å². The van der Waals surface area contributed by atoms with Crippen LogP contribution in [0, 0.1) is 0 Å². The van der Waals surface area contributed by atoms with Crippen LogP contribution in [0.1, 0.15) is 37.3 Å². The van der Waals surface area contributed by atoms with Crippen molar-refractivity contribution in [2.24, 2.45) is 0 Å². The monoisotopic (exact) mass is 349 g/mol. The van der Waals surface area contributed by atoms with E-state index in [0.717, 1.165) is 11.4 Å². The Balaban J connectivity index is 2.19. The molecule has 0 bridgehead atoms. The smallest absolute Gasteiger partial charge is 0.229 e. The molecule has 2 rings (SSSR count). The molecule has 0 radical (unpaired) electrons. The van der Waals surface area contributed by atoms with E-state index in [1.807, 2.05) is 43.3 Å². The number of halogens is 1. The summed E-state index contributed by atoms with van der Waals surface area (Å²) in [4.78, 5) is 15.3. The summed E-state index contributed by atoms with van der Waals surface area (Å²) >= 11 is 6.26. The number of anilines is 2. The van der Waals surface area contributed by atoms with Gasteiger partial charge in [0.25, 0.3) is 0 Å². The van der Waals surface area contributed by atoms with E-state index < -0.39 is 0 Å². The SMILES string of the molecule is COC(CNc1nc(C(C)C)nc(N(C)C)n1)c1ccccc1Cl. The van der Waals surface area contributed by atoms with Gasteiger partial charge in [-0.15, -0.1) is 0 Å².